The van der Waals surface area contributed by atoms with Gasteiger partial charge in [0.05, 0.1) is 12.8 Å². The quantitative estimate of drug-likeness (QED) is 0.440. The Bertz CT molecular complexity index is 1090. The lowest BCUT2D eigenvalue weighted by Gasteiger charge is -2.34. The van der Waals surface area contributed by atoms with Crippen molar-refractivity contribution in [2.75, 3.05) is 38.6 Å². The summed E-state index contributed by atoms with van der Waals surface area (Å²) >= 11 is 0. The molecule has 0 spiro atoms. The number of para-hydroxylation sites is 1. The molecule has 2 amide bonds. The van der Waals surface area contributed by atoms with Crippen LogP contribution in [0.4, 0.5) is 5.69 Å². The van der Waals surface area contributed by atoms with E-state index in [0.717, 1.165) is 14.2 Å². The average Bonchev–Trinajstić information content (AvgIpc) is 2.86. The normalized spacial score (nSPS) is 12.3. The van der Waals surface area contributed by atoms with Crippen LogP contribution in [0, 0.1) is 5.92 Å². The summed E-state index contributed by atoms with van der Waals surface area (Å²) in [5.41, 5.74) is 1.15. The molecule has 0 radical (unpaired) electrons. The van der Waals surface area contributed by atoms with Crippen molar-refractivity contribution >= 4 is 27.7 Å². The number of benzene rings is 2. The van der Waals surface area contributed by atoms with E-state index in [1.54, 1.807) is 49.6 Å². The number of anilines is 1. The van der Waals surface area contributed by atoms with Crippen LogP contribution >= 0.6 is 0 Å². The maximum atomic E-state index is 13.8. The second-order valence-corrected chi connectivity index (χ2v) is 11.1. The Hall–Kier alpha value is -3.11. The van der Waals surface area contributed by atoms with Gasteiger partial charge in [0.25, 0.3) is 0 Å². The molecule has 0 aliphatic heterocycles. The van der Waals surface area contributed by atoms with E-state index in [4.69, 9.17) is 4.74 Å². The minimum Gasteiger partial charge on any atom is -0.497 e. The summed E-state index contributed by atoms with van der Waals surface area (Å²) in [4.78, 5) is 28.3. The summed E-state index contributed by atoms with van der Waals surface area (Å²) in [5.74, 6) is 0.170. The number of carbonyl (C=O) groups is 2. The Balaban J connectivity index is 2.45. The summed E-state index contributed by atoms with van der Waals surface area (Å²) in [7, 11) is 0.427. The Morgan fingerprint density at radius 2 is 1.61 bits per heavy atom. The van der Waals surface area contributed by atoms with Gasteiger partial charge in [-0.1, -0.05) is 51.1 Å². The Morgan fingerprint density at radius 1 is 1.00 bits per heavy atom. The monoisotopic (exact) mass is 518 g/mol. The molecule has 198 valence electrons. The summed E-state index contributed by atoms with van der Waals surface area (Å²) < 4.78 is 33.7. The number of hydrogen-bond acceptors (Lipinski definition) is 5. The van der Waals surface area contributed by atoms with Crippen LogP contribution in [0.5, 0.6) is 5.75 Å². The van der Waals surface area contributed by atoms with Crippen molar-refractivity contribution in [2.24, 2.45) is 5.92 Å². The lowest BCUT2D eigenvalue weighted by atomic mass is 10.1. The van der Waals surface area contributed by atoms with E-state index in [2.05, 4.69) is 5.32 Å². The largest absolute Gasteiger partial charge is 0.497 e. The standard InChI is InChI=1S/C26H38N4O5S/c1-7-24(26(32)27-17-20(2)3)29(18-21-13-15-23(35-6)16-14-21)25(31)19-30(36(33,34)28(4)5)22-11-9-8-10-12-22/h8-16,20,24H,7,17-19H2,1-6H3,(H,27,32)/t24-/m0/s1. The van der Waals surface area contributed by atoms with Gasteiger partial charge in [0.2, 0.25) is 11.8 Å². The van der Waals surface area contributed by atoms with Crippen molar-refractivity contribution in [1.29, 1.82) is 0 Å². The number of nitrogens with one attached hydrogen (secondary N) is 1. The minimum atomic E-state index is -3.97. The molecule has 10 heteroatoms. The first-order valence-corrected chi connectivity index (χ1v) is 13.4. The van der Waals surface area contributed by atoms with E-state index in [-0.39, 0.29) is 18.4 Å². The first-order valence-electron chi connectivity index (χ1n) is 12.0. The third-order valence-electron chi connectivity index (χ3n) is 5.65. The number of hydrogen-bond donors (Lipinski definition) is 1. The number of ether oxygens (including phenoxy) is 1. The van der Waals surface area contributed by atoms with Gasteiger partial charge in [-0.2, -0.15) is 12.7 Å². The SMILES string of the molecule is CC[C@@H](C(=O)NCC(C)C)N(Cc1ccc(OC)cc1)C(=O)CN(c1ccccc1)S(=O)(=O)N(C)C. The van der Waals surface area contributed by atoms with E-state index < -0.39 is 28.7 Å². The van der Waals surface area contributed by atoms with E-state index >= 15 is 0 Å². The van der Waals surface area contributed by atoms with Crippen molar-refractivity contribution in [3.05, 3.63) is 60.2 Å². The number of nitrogens with zero attached hydrogens (tertiary/aromatic N) is 3. The first-order chi connectivity index (χ1) is 17.0. The van der Waals surface area contributed by atoms with Gasteiger partial charge in [-0.3, -0.25) is 9.59 Å². The molecule has 2 aromatic rings. The van der Waals surface area contributed by atoms with E-state index in [1.165, 1.54) is 19.0 Å². The zero-order valence-electron chi connectivity index (χ0n) is 22.0. The van der Waals surface area contributed by atoms with Gasteiger partial charge in [-0.05, 0) is 42.2 Å². The molecule has 0 saturated heterocycles. The van der Waals surface area contributed by atoms with Gasteiger partial charge in [0.15, 0.2) is 0 Å². The van der Waals surface area contributed by atoms with Crippen molar-refractivity contribution in [1.82, 2.24) is 14.5 Å². The third kappa shape index (κ3) is 7.69. The van der Waals surface area contributed by atoms with Gasteiger partial charge in [-0.25, -0.2) is 4.31 Å². The fourth-order valence-corrected chi connectivity index (χ4v) is 4.64. The molecule has 2 rings (SSSR count). The summed E-state index contributed by atoms with van der Waals surface area (Å²) in [5, 5.41) is 2.91. The zero-order valence-corrected chi connectivity index (χ0v) is 22.8. The molecular formula is C26H38N4O5S. The van der Waals surface area contributed by atoms with Crippen LogP contribution in [-0.4, -0.2) is 69.8 Å². The molecule has 0 heterocycles. The first kappa shape index (κ1) is 29.1. The maximum Gasteiger partial charge on any atom is 0.304 e. The van der Waals surface area contributed by atoms with E-state index in [9.17, 15) is 18.0 Å². The predicted octanol–water partition coefficient (Wildman–Crippen LogP) is 2.89. The van der Waals surface area contributed by atoms with Crippen LogP contribution in [0.25, 0.3) is 0 Å². The molecule has 0 aliphatic rings. The summed E-state index contributed by atoms with van der Waals surface area (Å²) in [6.45, 7) is 5.98. The molecule has 36 heavy (non-hydrogen) atoms. The van der Waals surface area contributed by atoms with Crippen LogP contribution in [0.1, 0.15) is 32.8 Å². The molecule has 9 nitrogen and oxygen atoms in total. The number of carbonyl (C=O) groups excluding carboxylic acids is 2. The Labute approximate surface area is 215 Å². The van der Waals surface area contributed by atoms with Gasteiger partial charge in [-0.15, -0.1) is 0 Å². The van der Waals surface area contributed by atoms with E-state index in [1.807, 2.05) is 32.9 Å². The van der Waals surface area contributed by atoms with Crippen molar-refractivity contribution in [3.8, 4) is 5.75 Å². The second kappa shape index (κ2) is 13.3. The van der Waals surface area contributed by atoms with Crippen LogP contribution < -0.4 is 14.4 Å². The Morgan fingerprint density at radius 3 is 2.11 bits per heavy atom. The lowest BCUT2D eigenvalue weighted by molar-refractivity contribution is -0.140. The highest BCUT2D eigenvalue weighted by Gasteiger charge is 2.33. The van der Waals surface area contributed by atoms with Crippen LogP contribution in [-0.2, 0) is 26.3 Å². The van der Waals surface area contributed by atoms with Gasteiger partial charge in [0, 0.05) is 27.2 Å². The van der Waals surface area contributed by atoms with Crippen LogP contribution in [0.2, 0.25) is 0 Å². The zero-order chi connectivity index (χ0) is 26.9. The molecule has 1 atom stereocenters. The average molecular weight is 519 g/mol. The highest BCUT2D eigenvalue weighted by atomic mass is 32.2. The number of amides is 2. The molecule has 0 unspecified atom stereocenters. The van der Waals surface area contributed by atoms with Gasteiger partial charge < -0.3 is 15.0 Å². The second-order valence-electron chi connectivity index (χ2n) is 9.07. The molecule has 1 N–H and O–H groups in total. The predicted molar refractivity (Wildman–Crippen MR) is 142 cm³/mol. The molecule has 0 aromatic heterocycles. The highest BCUT2D eigenvalue weighted by molar-refractivity contribution is 7.90. The molecule has 2 aromatic carbocycles. The molecular weight excluding hydrogens is 480 g/mol. The fourth-order valence-electron chi connectivity index (χ4n) is 3.58. The Kier molecular flexibility index (Phi) is 10.7. The molecule has 0 saturated carbocycles. The van der Waals surface area contributed by atoms with Crippen LogP contribution in [0.15, 0.2) is 54.6 Å². The molecule has 0 fully saturated rings. The molecule has 0 aliphatic carbocycles. The smallest absolute Gasteiger partial charge is 0.304 e. The fraction of sp³-hybridized carbons (Fsp3) is 0.462. The summed E-state index contributed by atoms with van der Waals surface area (Å²) in [6.07, 6.45) is 0.373. The molecule has 0 bridgehead atoms. The van der Waals surface area contributed by atoms with E-state index in [0.29, 0.717) is 24.4 Å². The number of rotatable bonds is 13. The summed E-state index contributed by atoms with van der Waals surface area (Å²) in [6, 6.07) is 14.9. The van der Waals surface area contributed by atoms with Gasteiger partial charge >= 0.3 is 10.2 Å². The third-order valence-corrected chi connectivity index (χ3v) is 7.47. The minimum absolute atomic E-state index is 0.140. The van der Waals surface area contributed by atoms with Gasteiger partial charge in [0.1, 0.15) is 18.3 Å². The van der Waals surface area contributed by atoms with Crippen LogP contribution in [0.3, 0.4) is 0 Å². The lowest BCUT2D eigenvalue weighted by Crippen LogP contribution is -2.53. The maximum absolute atomic E-state index is 13.8. The van der Waals surface area contributed by atoms with Crippen molar-refractivity contribution in [2.45, 2.75) is 39.8 Å². The topological polar surface area (TPSA) is 99.3 Å². The van der Waals surface area contributed by atoms with Crippen molar-refractivity contribution < 1.29 is 22.7 Å². The van der Waals surface area contributed by atoms with Crippen molar-refractivity contribution in [3.63, 3.8) is 0 Å². The highest BCUT2D eigenvalue weighted by Crippen LogP contribution is 2.21. The number of methoxy groups -OCH3 is 1.